The third-order valence-electron chi connectivity index (χ3n) is 7.02. The van der Waals surface area contributed by atoms with E-state index >= 15 is 0 Å². The Labute approximate surface area is 231 Å². The molecule has 1 fully saturated rings. The van der Waals surface area contributed by atoms with Gasteiger partial charge in [0.05, 0.1) is 27.4 Å². The van der Waals surface area contributed by atoms with E-state index in [2.05, 4.69) is 20.6 Å². The monoisotopic (exact) mass is 524 g/mol. The zero-order chi connectivity index (χ0) is 28.0. The number of anilines is 3. The first-order chi connectivity index (χ1) is 17.7. The van der Waals surface area contributed by atoms with Gasteiger partial charge < -0.3 is 24.8 Å². The summed E-state index contributed by atoms with van der Waals surface area (Å²) in [5, 5.41) is 3.45. The number of nitrogens with one attached hydrogen (secondary N) is 2. The fourth-order valence-corrected chi connectivity index (χ4v) is 4.60. The topological polar surface area (TPSA) is 101 Å². The van der Waals surface area contributed by atoms with Crippen molar-refractivity contribution in [3.8, 4) is 5.75 Å². The largest absolute Gasteiger partial charge is 0.492 e. The van der Waals surface area contributed by atoms with Crippen LogP contribution in [0.4, 0.5) is 17.5 Å². The molecule has 2 aromatic heterocycles. The van der Waals surface area contributed by atoms with Gasteiger partial charge in [-0.15, -0.1) is 0 Å². The van der Waals surface area contributed by atoms with Crippen LogP contribution in [0.1, 0.15) is 13.8 Å². The molecule has 8 radical (unpaired) electrons. The first-order valence-electron chi connectivity index (χ1n) is 12.0. The number of nitrogens with zero attached hydrogens (tertiary/aromatic N) is 4. The van der Waals surface area contributed by atoms with Gasteiger partial charge in [-0.3, -0.25) is 9.59 Å². The maximum absolute atomic E-state index is 12.8. The smallest absolute Gasteiger partial charge is 0.293 e. The SMILES string of the molecule is [B]C([B])(Oc1cc2cc(Nc3nc(N4C[C@@H](C)C([B])([B])[C@@H](C)C4)ncc3Cl)ccc2n(C)c1=O)C(=O)NC. The number of rotatable bonds is 6. The number of fused-ring (bicyclic) bond motifs is 1. The lowest BCUT2D eigenvalue weighted by Gasteiger charge is -2.48. The molecule has 0 aliphatic carbocycles. The number of hydrogen-bond donors (Lipinski definition) is 2. The summed E-state index contributed by atoms with van der Waals surface area (Å²) in [6.45, 7) is 5.22. The van der Waals surface area contributed by atoms with Crippen LogP contribution in [-0.4, -0.2) is 77.4 Å². The molecule has 9 nitrogen and oxygen atoms in total. The van der Waals surface area contributed by atoms with Gasteiger partial charge in [0.2, 0.25) is 11.9 Å². The molecule has 1 aliphatic heterocycles. The molecule has 1 amide bonds. The van der Waals surface area contributed by atoms with Gasteiger partial charge in [-0.1, -0.05) is 30.7 Å². The molecule has 0 saturated carbocycles. The van der Waals surface area contributed by atoms with Crippen molar-refractivity contribution >= 4 is 77.2 Å². The van der Waals surface area contributed by atoms with E-state index in [1.807, 2.05) is 18.7 Å². The van der Waals surface area contributed by atoms with Crippen LogP contribution in [0.25, 0.3) is 10.9 Å². The summed E-state index contributed by atoms with van der Waals surface area (Å²) in [5.41, 5.74) is 0.746. The second kappa shape index (κ2) is 10.2. The van der Waals surface area contributed by atoms with Crippen LogP contribution in [0.2, 0.25) is 10.2 Å². The van der Waals surface area contributed by atoms with Crippen molar-refractivity contribution in [2.75, 3.05) is 30.4 Å². The summed E-state index contributed by atoms with van der Waals surface area (Å²) in [5.74, 6) is -0.0223. The first kappa shape index (κ1) is 28.0. The Balaban J connectivity index is 1.65. The summed E-state index contributed by atoms with van der Waals surface area (Å²) < 4.78 is 6.76. The maximum atomic E-state index is 12.8. The van der Waals surface area contributed by atoms with Crippen molar-refractivity contribution in [3.05, 3.63) is 45.8 Å². The molecular formula is C24H25B4ClN6O3. The molecule has 2 N–H and O–H groups in total. The molecule has 38 heavy (non-hydrogen) atoms. The third-order valence-corrected chi connectivity index (χ3v) is 7.30. The molecule has 1 aromatic carbocycles. The summed E-state index contributed by atoms with van der Waals surface area (Å²) in [6.07, 6.45) is 1.53. The van der Waals surface area contributed by atoms with Gasteiger partial charge in [-0.25, -0.2) is 4.98 Å². The highest BCUT2D eigenvalue weighted by Crippen LogP contribution is 2.42. The second-order valence-corrected chi connectivity index (χ2v) is 10.2. The maximum Gasteiger partial charge on any atom is 0.293 e. The number of carbonyl (C=O) groups excluding carboxylic acids is 1. The van der Waals surface area contributed by atoms with E-state index in [9.17, 15) is 9.59 Å². The van der Waals surface area contributed by atoms with Crippen LogP contribution < -0.4 is 25.8 Å². The number of hydrogen-bond acceptors (Lipinski definition) is 7. The van der Waals surface area contributed by atoms with Crippen molar-refractivity contribution in [1.29, 1.82) is 0 Å². The van der Waals surface area contributed by atoms with Crippen LogP contribution in [0, 0.1) is 11.8 Å². The minimum Gasteiger partial charge on any atom is -0.492 e. The molecule has 4 rings (SSSR count). The van der Waals surface area contributed by atoms with Gasteiger partial charge in [-0.2, -0.15) is 4.98 Å². The number of benzene rings is 1. The third kappa shape index (κ3) is 5.25. The normalized spacial score (nSPS) is 19.2. The average Bonchev–Trinajstić information content (AvgIpc) is 2.86. The number of piperidine rings is 1. The van der Waals surface area contributed by atoms with E-state index in [4.69, 9.17) is 47.7 Å². The van der Waals surface area contributed by atoms with Gasteiger partial charge in [0, 0.05) is 38.3 Å². The molecule has 2 atom stereocenters. The second-order valence-electron chi connectivity index (χ2n) is 9.82. The lowest BCUT2D eigenvalue weighted by atomic mass is 9.42. The number of amides is 1. The Bertz CT molecular complexity index is 1440. The van der Waals surface area contributed by atoms with E-state index in [-0.39, 0.29) is 17.6 Å². The standard InChI is InChI=1S/C24H25B4ClN6O3/c1-12-10-35(11-13(2)23(12,25)26)22-31-9-16(29)19(33-22)32-15-5-6-17-14(7-15)8-18(20(36)34(17)4)38-24(27,28)21(37)30-3/h5-9,12-13H,10-11H2,1-4H3,(H,30,37)(H,31,32,33)/t12-,13+. The number of carbonyl (C=O) groups is 1. The molecule has 0 spiro atoms. The van der Waals surface area contributed by atoms with Crippen molar-refractivity contribution in [2.24, 2.45) is 18.9 Å². The Morgan fingerprint density at radius 3 is 2.50 bits per heavy atom. The van der Waals surface area contributed by atoms with Crippen molar-refractivity contribution in [2.45, 2.75) is 24.5 Å². The van der Waals surface area contributed by atoms with Gasteiger partial charge in [0.1, 0.15) is 26.1 Å². The average molecular weight is 524 g/mol. The van der Waals surface area contributed by atoms with Crippen LogP contribution in [0.5, 0.6) is 5.75 Å². The van der Waals surface area contributed by atoms with Crippen molar-refractivity contribution in [1.82, 2.24) is 19.9 Å². The summed E-state index contributed by atoms with van der Waals surface area (Å²) in [7, 11) is 27.1. The van der Waals surface area contributed by atoms with Crippen LogP contribution in [0.3, 0.4) is 0 Å². The predicted octanol–water partition coefficient (Wildman–Crippen LogP) is 1.39. The number of ether oxygens (including phenoxy) is 1. The number of pyridine rings is 1. The fraction of sp³-hybridized carbons (Fsp3) is 0.417. The zero-order valence-corrected chi connectivity index (χ0v) is 22.4. The van der Waals surface area contributed by atoms with Gasteiger partial charge in [-0.05, 0) is 36.1 Å². The lowest BCUT2D eigenvalue weighted by Crippen LogP contribution is -2.52. The molecule has 1 saturated heterocycles. The molecule has 1 aliphatic rings. The highest BCUT2D eigenvalue weighted by molar-refractivity contribution is 6.50. The van der Waals surface area contributed by atoms with Crippen molar-refractivity contribution in [3.63, 3.8) is 0 Å². The lowest BCUT2D eigenvalue weighted by molar-refractivity contribution is -0.126. The van der Waals surface area contributed by atoms with Gasteiger partial charge in [0.15, 0.2) is 11.6 Å². The molecule has 3 aromatic rings. The first-order valence-corrected chi connectivity index (χ1v) is 12.4. The Hall–Kier alpha value is -3.07. The molecule has 0 unspecified atom stereocenters. The number of aromatic nitrogens is 3. The Morgan fingerprint density at radius 1 is 1.21 bits per heavy atom. The molecule has 0 bridgehead atoms. The van der Waals surface area contributed by atoms with E-state index in [0.717, 1.165) is 0 Å². The fourth-order valence-electron chi connectivity index (χ4n) is 4.46. The minimum atomic E-state index is -2.23. The van der Waals surface area contributed by atoms with Crippen LogP contribution in [-0.2, 0) is 11.8 Å². The Morgan fingerprint density at radius 2 is 1.87 bits per heavy atom. The Kier molecular flexibility index (Phi) is 7.54. The van der Waals surface area contributed by atoms with E-state index < -0.39 is 22.1 Å². The summed E-state index contributed by atoms with van der Waals surface area (Å²) >= 11 is 6.42. The number of halogens is 1. The quantitative estimate of drug-likeness (QED) is 0.471. The summed E-state index contributed by atoms with van der Waals surface area (Å²) in [4.78, 5) is 35.8. The minimum absolute atomic E-state index is 0.0228. The molecular weight excluding hydrogens is 499 g/mol. The van der Waals surface area contributed by atoms with E-state index in [1.54, 1.807) is 25.2 Å². The highest BCUT2D eigenvalue weighted by atomic mass is 35.5. The highest BCUT2D eigenvalue weighted by Gasteiger charge is 2.38. The zero-order valence-electron chi connectivity index (χ0n) is 21.7. The van der Waals surface area contributed by atoms with E-state index in [1.165, 1.54) is 23.9 Å². The predicted molar refractivity (Wildman–Crippen MR) is 153 cm³/mol. The number of aryl methyl sites for hydroxylation is 1. The summed E-state index contributed by atoms with van der Waals surface area (Å²) in [6, 6.07) is 6.78. The van der Waals surface area contributed by atoms with Gasteiger partial charge >= 0.3 is 0 Å². The molecule has 14 heteroatoms. The van der Waals surface area contributed by atoms with E-state index in [0.29, 0.717) is 46.5 Å². The van der Waals surface area contributed by atoms with Crippen LogP contribution in [0.15, 0.2) is 35.3 Å². The van der Waals surface area contributed by atoms with Crippen LogP contribution >= 0.6 is 11.6 Å². The molecule has 188 valence electrons. The number of likely N-dealkylation sites (N-methyl/N-ethyl adjacent to an activating group) is 1. The molecule has 3 heterocycles. The van der Waals surface area contributed by atoms with Crippen molar-refractivity contribution < 1.29 is 9.53 Å². The van der Waals surface area contributed by atoms with Gasteiger partial charge in [0.25, 0.3) is 5.56 Å².